The van der Waals surface area contributed by atoms with Gasteiger partial charge in [0.15, 0.2) is 0 Å². The van der Waals surface area contributed by atoms with E-state index in [1.54, 1.807) is 10.9 Å². The molecule has 2 fully saturated rings. The molecule has 126 valence electrons. The molecule has 2 saturated heterocycles. The van der Waals surface area contributed by atoms with E-state index >= 15 is 0 Å². The van der Waals surface area contributed by atoms with E-state index in [2.05, 4.69) is 15.7 Å². The minimum atomic E-state index is -0.0351. The molecule has 2 aromatic rings. The van der Waals surface area contributed by atoms with E-state index in [0.29, 0.717) is 22.7 Å². The Morgan fingerprint density at radius 3 is 2.79 bits per heavy atom. The molecule has 3 heterocycles. The predicted octanol–water partition coefficient (Wildman–Crippen LogP) is 2.85. The summed E-state index contributed by atoms with van der Waals surface area (Å²) in [5.41, 5.74) is 2.31. The lowest BCUT2D eigenvalue weighted by atomic mass is 9.99. The Bertz CT molecular complexity index is 760. The van der Waals surface area contributed by atoms with E-state index in [1.165, 1.54) is 12.8 Å². The minimum absolute atomic E-state index is 0.0351. The zero-order chi connectivity index (χ0) is 16.7. The molecule has 2 aliphatic heterocycles. The molecule has 6 heteroatoms. The molecule has 2 aliphatic rings. The SMILES string of the molecule is Cc1c(C(=O)NC2CC3CCC(C2)N3)cnn1-c1cccc(Cl)c1. The van der Waals surface area contributed by atoms with Gasteiger partial charge in [0.25, 0.3) is 5.91 Å². The quantitative estimate of drug-likeness (QED) is 0.900. The number of halogens is 1. The summed E-state index contributed by atoms with van der Waals surface area (Å²) in [7, 11) is 0. The van der Waals surface area contributed by atoms with Crippen molar-refractivity contribution >= 4 is 17.5 Å². The summed E-state index contributed by atoms with van der Waals surface area (Å²) in [6, 6.07) is 8.84. The first-order valence-electron chi connectivity index (χ1n) is 8.47. The number of nitrogens with zero attached hydrogens (tertiary/aromatic N) is 2. The number of rotatable bonds is 3. The number of piperidine rings is 1. The first-order chi connectivity index (χ1) is 11.6. The molecule has 0 spiro atoms. The third-order valence-electron chi connectivity index (χ3n) is 5.12. The number of benzene rings is 1. The minimum Gasteiger partial charge on any atom is -0.349 e. The second-order valence-corrected chi connectivity index (χ2v) is 7.25. The van der Waals surface area contributed by atoms with Crippen molar-refractivity contribution in [3.05, 3.63) is 46.7 Å². The summed E-state index contributed by atoms with van der Waals surface area (Å²) in [6.07, 6.45) is 6.13. The lowest BCUT2D eigenvalue weighted by Crippen LogP contribution is -2.48. The molecule has 2 atom stereocenters. The Kier molecular flexibility index (Phi) is 4.06. The lowest BCUT2D eigenvalue weighted by molar-refractivity contribution is 0.0923. The molecule has 1 amide bonds. The van der Waals surface area contributed by atoms with Crippen molar-refractivity contribution in [2.75, 3.05) is 0 Å². The third kappa shape index (κ3) is 2.94. The average molecular weight is 345 g/mol. The molecule has 4 rings (SSSR count). The van der Waals surface area contributed by atoms with Crippen molar-refractivity contribution < 1.29 is 4.79 Å². The van der Waals surface area contributed by atoms with Crippen LogP contribution < -0.4 is 10.6 Å². The second-order valence-electron chi connectivity index (χ2n) is 6.81. The highest BCUT2D eigenvalue weighted by Gasteiger charge is 2.34. The van der Waals surface area contributed by atoms with Gasteiger partial charge in [-0.3, -0.25) is 4.79 Å². The molecule has 0 aliphatic carbocycles. The number of nitrogens with one attached hydrogen (secondary N) is 2. The van der Waals surface area contributed by atoms with Gasteiger partial charge in [0.2, 0.25) is 0 Å². The number of carbonyl (C=O) groups excluding carboxylic acids is 1. The smallest absolute Gasteiger partial charge is 0.254 e. The number of hydrogen-bond acceptors (Lipinski definition) is 3. The van der Waals surface area contributed by atoms with Gasteiger partial charge in [-0.15, -0.1) is 0 Å². The van der Waals surface area contributed by atoms with E-state index in [4.69, 9.17) is 11.6 Å². The van der Waals surface area contributed by atoms with Crippen LogP contribution in [-0.2, 0) is 0 Å². The van der Waals surface area contributed by atoms with Gasteiger partial charge in [0.1, 0.15) is 0 Å². The monoisotopic (exact) mass is 344 g/mol. The van der Waals surface area contributed by atoms with Crippen molar-refractivity contribution in [3.8, 4) is 5.69 Å². The summed E-state index contributed by atoms with van der Waals surface area (Å²) in [6.45, 7) is 1.91. The molecule has 0 saturated carbocycles. The number of aromatic nitrogens is 2. The van der Waals surface area contributed by atoms with Gasteiger partial charge >= 0.3 is 0 Å². The van der Waals surface area contributed by atoms with E-state index in [9.17, 15) is 4.79 Å². The maximum atomic E-state index is 12.7. The normalized spacial score (nSPS) is 25.7. The fraction of sp³-hybridized carbons (Fsp3) is 0.444. The standard InChI is InChI=1S/C18H21ClN4O/c1-11-17(10-20-23(11)16-4-2-3-12(19)7-16)18(24)22-15-8-13-5-6-14(9-15)21-13/h2-4,7,10,13-15,21H,5-6,8-9H2,1H3,(H,22,24). The topological polar surface area (TPSA) is 59.0 Å². The van der Waals surface area contributed by atoms with Gasteiger partial charge in [-0.2, -0.15) is 5.10 Å². The Balaban J connectivity index is 1.51. The summed E-state index contributed by atoms with van der Waals surface area (Å²) >= 11 is 6.05. The van der Waals surface area contributed by atoms with Gasteiger partial charge < -0.3 is 10.6 Å². The highest BCUT2D eigenvalue weighted by molar-refractivity contribution is 6.30. The van der Waals surface area contributed by atoms with Crippen LogP contribution in [0, 0.1) is 6.92 Å². The van der Waals surface area contributed by atoms with Crippen LogP contribution in [0.4, 0.5) is 0 Å². The molecule has 0 radical (unpaired) electrons. The fourth-order valence-electron chi connectivity index (χ4n) is 3.94. The fourth-order valence-corrected chi connectivity index (χ4v) is 4.12. The number of carbonyl (C=O) groups is 1. The van der Waals surface area contributed by atoms with E-state index in [-0.39, 0.29) is 11.9 Å². The van der Waals surface area contributed by atoms with Crippen LogP contribution in [0.1, 0.15) is 41.7 Å². The molecule has 5 nitrogen and oxygen atoms in total. The Morgan fingerprint density at radius 2 is 2.08 bits per heavy atom. The third-order valence-corrected chi connectivity index (χ3v) is 5.35. The first-order valence-corrected chi connectivity index (χ1v) is 8.85. The summed E-state index contributed by atoms with van der Waals surface area (Å²) in [4.78, 5) is 12.7. The van der Waals surface area contributed by atoms with Crippen LogP contribution in [-0.4, -0.2) is 33.8 Å². The Labute approximate surface area is 146 Å². The average Bonchev–Trinajstić information content (AvgIpc) is 3.10. The van der Waals surface area contributed by atoms with Crippen molar-refractivity contribution in [1.82, 2.24) is 20.4 Å². The number of fused-ring (bicyclic) bond motifs is 2. The maximum Gasteiger partial charge on any atom is 0.254 e. The zero-order valence-corrected chi connectivity index (χ0v) is 14.4. The van der Waals surface area contributed by atoms with Gasteiger partial charge in [0, 0.05) is 23.1 Å². The van der Waals surface area contributed by atoms with Crippen LogP contribution in [0.25, 0.3) is 5.69 Å². The van der Waals surface area contributed by atoms with Gasteiger partial charge in [0.05, 0.1) is 23.1 Å². The molecule has 2 unspecified atom stereocenters. The van der Waals surface area contributed by atoms with Crippen molar-refractivity contribution in [2.24, 2.45) is 0 Å². The molecule has 2 bridgehead atoms. The number of hydrogen-bond donors (Lipinski definition) is 2. The molecular weight excluding hydrogens is 324 g/mol. The van der Waals surface area contributed by atoms with E-state index in [1.807, 2.05) is 31.2 Å². The highest BCUT2D eigenvalue weighted by Crippen LogP contribution is 2.27. The summed E-state index contributed by atoms with van der Waals surface area (Å²) < 4.78 is 1.76. The summed E-state index contributed by atoms with van der Waals surface area (Å²) in [5, 5.41) is 11.8. The van der Waals surface area contributed by atoms with Crippen LogP contribution in [0.3, 0.4) is 0 Å². The lowest BCUT2D eigenvalue weighted by Gasteiger charge is -2.29. The Hall–Kier alpha value is -1.85. The predicted molar refractivity (Wildman–Crippen MR) is 93.7 cm³/mol. The van der Waals surface area contributed by atoms with Gasteiger partial charge in [-0.05, 0) is 50.8 Å². The highest BCUT2D eigenvalue weighted by atomic mass is 35.5. The van der Waals surface area contributed by atoms with Gasteiger partial charge in [-0.25, -0.2) is 4.68 Å². The van der Waals surface area contributed by atoms with Crippen molar-refractivity contribution in [3.63, 3.8) is 0 Å². The largest absolute Gasteiger partial charge is 0.349 e. The molecular formula is C18H21ClN4O. The molecule has 1 aromatic heterocycles. The van der Waals surface area contributed by atoms with Crippen LogP contribution in [0.15, 0.2) is 30.5 Å². The zero-order valence-electron chi connectivity index (χ0n) is 13.6. The van der Waals surface area contributed by atoms with Crippen molar-refractivity contribution in [2.45, 2.75) is 50.7 Å². The van der Waals surface area contributed by atoms with Gasteiger partial charge in [-0.1, -0.05) is 17.7 Å². The molecule has 24 heavy (non-hydrogen) atoms. The maximum absolute atomic E-state index is 12.7. The van der Waals surface area contributed by atoms with Crippen molar-refractivity contribution in [1.29, 1.82) is 0 Å². The number of amides is 1. The van der Waals surface area contributed by atoms with Crippen LogP contribution >= 0.6 is 11.6 Å². The molecule has 1 aromatic carbocycles. The first kappa shape index (κ1) is 15.7. The summed E-state index contributed by atoms with van der Waals surface area (Å²) in [5.74, 6) is -0.0351. The molecule has 2 N–H and O–H groups in total. The second kappa shape index (κ2) is 6.22. The van der Waals surface area contributed by atoms with Crippen LogP contribution in [0.2, 0.25) is 5.02 Å². The van der Waals surface area contributed by atoms with Crippen LogP contribution in [0.5, 0.6) is 0 Å². The Morgan fingerprint density at radius 1 is 1.33 bits per heavy atom. The van der Waals surface area contributed by atoms with E-state index in [0.717, 1.165) is 24.2 Å². The van der Waals surface area contributed by atoms with E-state index < -0.39 is 0 Å².